The average Bonchev–Trinajstić information content (AvgIpc) is 3.03. The van der Waals surface area contributed by atoms with Gasteiger partial charge in [-0.2, -0.15) is 0 Å². The number of amides is 1. The molecule has 1 amide bonds. The van der Waals surface area contributed by atoms with E-state index >= 15 is 0 Å². The molecule has 0 unspecified atom stereocenters. The van der Waals surface area contributed by atoms with E-state index in [0.29, 0.717) is 10.9 Å². The number of halogens is 2. The zero-order valence-electron chi connectivity index (χ0n) is 12.3. The number of benzene rings is 2. The van der Waals surface area contributed by atoms with Crippen molar-refractivity contribution in [2.24, 2.45) is 0 Å². The molecule has 7 heteroatoms. The summed E-state index contributed by atoms with van der Waals surface area (Å²) in [5.41, 5.74) is 1.89. The molecule has 3 nitrogen and oxygen atoms in total. The highest BCUT2D eigenvalue weighted by Gasteiger charge is 2.08. The van der Waals surface area contributed by atoms with Crippen LogP contribution in [0.15, 0.2) is 67.8 Å². The van der Waals surface area contributed by atoms with Gasteiger partial charge in [0.25, 0.3) is 0 Å². The Labute approximate surface area is 165 Å². The fraction of sp³-hybridized carbons (Fsp3) is 0.0588. The van der Waals surface area contributed by atoms with Crippen LogP contribution in [0.5, 0.6) is 0 Å². The van der Waals surface area contributed by atoms with Crippen LogP contribution in [-0.4, -0.2) is 16.6 Å². The fourth-order valence-electron chi connectivity index (χ4n) is 1.92. The molecular formula is C17H12Br2N2OS2. The molecule has 0 fully saturated rings. The van der Waals surface area contributed by atoms with Gasteiger partial charge in [-0.1, -0.05) is 44.0 Å². The van der Waals surface area contributed by atoms with Crippen molar-refractivity contribution in [1.82, 2.24) is 4.98 Å². The van der Waals surface area contributed by atoms with Crippen LogP contribution in [0.25, 0.3) is 11.3 Å². The maximum absolute atomic E-state index is 12.1. The van der Waals surface area contributed by atoms with Gasteiger partial charge in [-0.15, -0.1) is 23.1 Å². The summed E-state index contributed by atoms with van der Waals surface area (Å²) in [6, 6.07) is 15.8. The van der Waals surface area contributed by atoms with Gasteiger partial charge in [0.1, 0.15) is 0 Å². The van der Waals surface area contributed by atoms with Crippen molar-refractivity contribution in [1.29, 1.82) is 0 Å². The highest BCUT2D eigenvalue weighted by atomic mass is 79.9. The molecule has 0 aliphatic rings. The minimum atomic E-state index is -0.0559. The SMILES string of the molecule is O=C(CSc1ccc(Br)cc1)Nc1nc(-c2ccc(Br)cc2)cs1. The highest BCUT2D eigenvalue weighted by Crippen LogP contribution is 2.26. The number of thioether (sulfide) groups is 1. The summed E-state index contributed by atoms with van der Waals surface area (Å²) in [5.74, 6) is 0.300. The van der Waals surface area contributed by atoms with Crippen molar-refractivity contribution >= 4 is 66.0 Å². The number of thiazole rings is 1. The lowest BCUT2D eigenvalue weighted by atomic mass is 10.2. The minimum absolute atomic E-state index is 0.0559. The quantitative estimate of drug-likeness (QED) is 0.448. The standard InChI is InChI=1S/C17H12Br2N2OS2/c18-12-3-1-11(2-4-12)15-9-24-17(20-15)21-16(22)10-23-14-7-5-13(19)6-8-14/h1-9H,10H2,(H,20,21,22). The van der Waals surface area contributed by atoms with Crippen molar-refractivity contribution < 1.29 is 4.79 Å². The predicted octanol–water partition coefficient (Wildman–Crippen LogP) is 6.07. The van der Waals surface area contributed by atoms with E-state index in [1.165, 1.54) is 23.1 Å². The van der Waals surface area contributed by atoms with Crippen LogP contribution in [0.3, 0.4) is 0 Å². The van der Waals surface area contributed by atoms with Crippen LogP contribution in [0.4, 0.5) is 5.13 Å². The van der Waals surface area contributed by atoms with Gasteiger partial charge >= 0.3 is 0 Å². The molecule has 0 aliphatic carbocycles. The molecule has 3 aromatic rings. The van der Waals surface area contributed by atoms with Crippen LogP contribution in [-0.2, 0) is 4.79 Å². The Morgan fingerprint density at radius 2 is 1.67 bits per heavy atom. The predicted molar refractivity (Wildman–Crippen MR) is 109 cm³/mol. The summed E-state index contributed by atoms with van der Waals surface area (Å²) < 4.78 is 2.06. The lowest BCUT2D eigenvalue weighted by Gasteiger charge is -2.02. The van der Waals surface area contributed by atoms with Crippen LogP contribution in [0.1, 0.15) is 0 Å². The molecule has 1 heterocycles. The minimum Gasteiger partial charge on any atom is -0.301 e. The van der Waals surface area contributed by atoms with E-state index in [2.05, 4.69) is 42.2 Å². The molecule has 0 saturated heterocycles. The number of hydrogen-bond acceptors (Lipinski definition) is 4. The molecule has 122 valence electrons. The summed E-state index contributed by atoms with van der Waals surface area (Å²) in [5, 5.41) is 5.42. The molecule has 0 bridgehead atoms. The smallest absolute Gasteiger partial charge is 0.236 e. The van der Waals surface area contributed by atoms with Crippen molar-refractivity contribution in [2.45, 2.75) is 4.90 Å². The maximum Gasteiger partial charge on any atom is 0.236 e. The van der Waals surface area contributed by atoms with Crippen LogP contribution >= 0.6 is 55.0 Å². The zero-order chi connectivity index (χ0) is 16.9. The Kier molecular flexibility index (Phi) is 6.10. The molecule has 0 radical (unpaired) electrons. The number of hydrogen-bond donors (Lipinski definition) is 1. The second-order valence-corrected chi connectivity index (χ2v) is 8.57. The number of nitrogens with zero attached hydrogens (tertiary/aromatic N) is 1. The first-order valence-electron chi connectivity index (χ1n) is 7.00. The number of aromatic nitrogens is 1. The number of rotatable bonds is 5. The second-order valence-electron chi connectivity index (χ2n) is 4.84. The van der Waals surface area contributed by atoms with E-state index in [1.807, 2.05) is 53.9 Å². The molecule has 0 aliphatic heterocycles. The topological polar surface area (TPSA) is 42.0 Å². The van der Waals surface area contributed by atoms with Gasteiger partial charge in [-0.3, -0.25) is 4.79 Å². The molecule has 1 N–H and O–H groups in total. The molecule has 0 spiro atoms. The second kappa shape index (κ2) is 8.29. The van der Waals surface area contributed by atoms with E-state index < -0.39 is 0 Å². The first-order valence-corrected chi connectivity index (χ1v) is 10.4. The molecule has 24 heavy (non-hydrogen) atoms. The van der Waals surface area contributed by atoms with E-state index in [4.69, 9.17) is 0 Å². The lowest BCUT2D eigenvalue weighted by molar-refractivity contribution is -0.113. The third-order valence-corrected chi connectivity index (χ3v) is 5.90. The van der Waals surface area contributed by atoms with Crippen LogP contribution < -0.4 is 5.32 Å². The summed E-state index contributed by atoms with van der Waals surface area (Å²) in [4.78, 5) is 17.6. The van der Waals surface area contributed by atoms with Crippen molar-refractivity contribution in [2.75, 3.05) is 11.1 Å². The Balaban J connectivity index is 1.57. The highest BCUT2D eigenvalue weighted by molar-refractivity contribution is 9.10. The lowest BCUT2D eigenvalue weighted by Crippen LogP contribution is -2.13. The van der Waals surface area contributed by atoms with Gasteiger partial charge in [0.15, 0.2) is 5.13 Å². The van der Waals surface area contributed by atoms with E-state index in [0.717, 1.165) is 25.1 Å². The summed E-state index contributed by atoms with van der Waals surface area (Å²) in [7, 11) is 0. The zero-order valence-corrected chi connectivity index (χ0v) is 17.1. The molecular weight excluding hydrogens is 472 g/mol. The van der Waals surface area contributed by atoms with Crippen LogP contribution in [0.2, 0.25) is 0 Å². The van der Waals surface area contributed by atoms with Crippen molar-refractivity contribution in [3.05, 3.63) is 62.9 Å². The monoisotopic (exact) mass is 482 g/mol. The maximum atomic E-state index is 12.1. The normalized spacial score (nSPS) is 10.6. The van der Waals surface area contributed by atoms with Gasteiger partial charge in [-0.25, -0.2) is 4.98 Å². The van der Waals surface area contributed by atoms with Crippen LogP contribution in [0, 0.1) is 0 Å². The first-order chi connectivity index (χ1) is 11.6. The summed E-state index contributed by atoms with van der Waals surface area (Å²) in [6.45, 7) is 0. The Morgan fingerprint density at radius 1 is 1.04 bits per heavy atom. The Hall–Kier alpha value is -1.15. The van der Waals surface area contributed by atoms with Crippen molar-refractivity contribution in [3.63, 3.8) is 0 Å². The number of carbonyl (C=O) groups is 1. The molecule has 1 aromatic heterocycles. The van der Waals surface area contributed by atoms with Gasteiger partial charge in [-0.05, 0) is 36.4 Å². The number of nitrogens with one attached hydrogen (secondary N) is 1. The fourth-order valence-corrected chi connectivity index (χ4v) is 3.88. The average molecular weight is 484 g/mol. The van der Waals surface area contributed by atoms with Gasteiger partial charge in [0.05, 0.1) is 11.4 Å². The first kappa shape index (κ1) is 17.7. The Bertz CT molecular complexity index is 833. The third-order valence-electron chi connectivity index (χ3n) is 3.07. The third kappa shape index (κ3) is 4.92. The number of carbonyl (C=O) groups excluding carboxylic acids is 1. The summed E-state index contributed by atoms with van der Waals surface area (Å²) >= 11 is 9.74. The number of anilines is 1. The van der Waals surface area contributed by atoms with Gasteiger partial charge in [0.2, 0.25) is 5.91 Å². The molecule has 2 aromatic carbocycles. The molecule has 0 atom stereocenters. The Morgan fingerprint density at radius 3 is 2.33 bits per heavy atom. The molecule has 3 rings (SSSR count). The largest absolute Gasteiger partial charge is 0.301 e. The van der Waals surface area contributed by atoms with Crippen molar-refractivity contribution in [3.8, 4) is 11.3 Å². The van der Waals surface area contributed by atoms with E-state index in [1.54, 1.807) is 0 Å². The van der Waals surface area contributed by atoms with E-state index in [-0.39, 0.29) is 5.91 Å². The molecule has 0 saturated carbocycles. The van der Waals surface area contributed by atoms with E-state index in [9.17, 15) is 4.79 Å². The summed E-state index contributed by atoms with van der Waals surface area (Å²) in [6.07, 6.45) is 0. The van der Waals surface area contributed by atoms with Gasteiger partial charge in [0, 0.05) is 24.8 Å². The van der Waals surface area contributed by atoms with Gasteiger partial charge < -0.3 is 5.32 Å².